The van der Waals surface area contributed by atoms with Gasteiger partial charge in [0.05, 0.1) is 6.10 Å². The molecule has 2 N–H and O–H groups in total. The van der Waals surface area contributed by atoms with E-state index in [9.17, 15) is 18.3 Å². The molecule has 7 heteroatoms. The molecule has 0 spiro atoms. The van der Waals surface area contributed by atoms with E-state index in [1.54, 1.807) is 0 Å². The Balaban J connectivity index is 3.54. The minimum absolute atomic E-state index is 0.0212. The first-order chi connectivity index (χ1) is 7.39. The standard InChI is InChI=1S/C9H19F3N2O2/c1-3-14(4-2)6-8(15)5-13-16-7-9(10,11)12/h8,13,15H,3-7H2,1-2H3. The van der Waals surface area contributed by atoms with Crippen LogP contribution in [0.15, 0.2) is 0 Å². The van der Waals surface area contributed by atoms with Crippen molar-refractivity contribution >= 4 is 0 Å². The van der Waals surface area contributed by atoms with Crippen molar-refractivity contribution in [3.63, 3.8) is 0 Å². The molecule has 0 bridgehead atoms. The Morgan fingerprint density at radius 3 is 2.31 bits per heavy atom. The Hall–Kier alpha value is -0.370. The lowest BCUT2D eigenvalue weighted by atomic mass is 10.3. The molecule has 0 saturated heterocycles. The molecule has 0 fully saturated rings. The van der Waals surface area contributed by atoms with Gasteiger partial charge in [0.15, 0.2) is 6.61 Å². The first-order valence-electron chi connectivity index (χ1n) is 5.20. The Kier molecular flexibility index (Phi) is 7.65. The number of rotatable bonds is 8. The second-order valence-electron chi connectivity index (χ2n) is 3.39. The van der Waals surface area contributed by atoms with Crippen molar-refractivity contribution in [2.24, 2.45) is 0 Å². The largest absolute Gasteiger partial charge is 0.413 e. The number of nitrogens with zero attached hydrogens (tertiary/aromatic N) is 1. The van der Waals surface area contributed by atoms with Crippen molar-refractivity contribution in [1.82, 2.24) is 10.4 Å². The Morgan fingerprint density at radius 1 is 1.31 bits per heavy atom. The Morgan fingerprint density at radius 2 is 1.88 bits per heavy atom. The van der Waals surface area contributed by atoms with Gasteiger partial charge >= 0.3 is 6.18 Å². The van der Waals surface area contributed by atoms with E-state index in [1.165, 1.54) is 0 Å². The quantitative estimate of drug-likeness (QED) is 0.489. The number of hydrogen-bond acceptors (Lipinski definition) is 4. The number of alkyl halides is 3. The van der Waals surface area contributed by atoms with Crippen molar-refractivity contribution in [3.8, 4) is 0 Å². The van der Waals surface area contributed by atoms with Crippen LogP contribution in [0.3, 0.4) is 0 Å². The number of aliphatic hydroxyl groups is 1. The average molecular weight is 244 g/mol. The highest BCUT2D eigenvalue weighted by atomic mass is 19.4. The summed E-state index contributed by atoms with van der Waals surface area (Å²) in [6.45, 7) is 4.51. The first-order valence-corrected chi connectivity index (χ1v) is 5.20. The van der Waals surface area contributed by atoms with E-state index in [2.05, 4.69) is 10.3 Å². The van der Waals surface area contributed by atoms with Crippen LogP contribution in [0.2, 0.25) is 0 Å². The summed E-state index contributed by atoms with van der Waals surface area (Å²) in [5.74, 6) is 0. The van der Waals surface area contributed by atoms with Gasteiger partial charge in [-0.05, 0) is 13.1 Å². The van der Waals surface area contributed by atoms with Crippen LogP contribution in [-0.2, 0) is 4.84 Å². The maximum absolute atomic E-state index is 11.7. The Labute approximate surface area is 93.3 Å². The fourth-order valence-electron chi connectivity index (χ4n) is 1.13. The van der Waals surface area contributed by atoms with Gasteiger partial charge in [-0.25, -0.2) is 0 Å². The van der Waals surface area contributed by atoms with Crippen LogP contribution in [0.4, 0.5) is 13.2 Å². The van der Waals surface area contributed by atoms with Crippen molar-refractivity contribution in [1.29, 1.82) is 0 Å². The minimum atomic E-state index is -4.35. The van der Waals surface area contributed by atoms with Gasteiger partial charge in [-0.15, -0.1) is 0 Å². The highest BCUT2D eigenvalue weighted by Crippen LogP contribution is 2.13. The van der Waals surface area contributed by atoms with Crippen LogP contribution in [0.5, 0.6) is 0 Å². The summed E-state index contributed by atoms with van der Waals surface area (Å²) in [5.41, 5.74) is 2.10. The molecule has 0 aliphatic rings. The maximum Gasteiger partial charge on any atom is 0.413 e. The third-order valence-corrected chi connectivity index (χ3v) is 2.02. The summed E-state index contributed by atoms with van der Waals surface area (Å²) in [6.07, 6.45) is -5.09. The summed E-state index contributed by atoms with van der Waals surface area (Å²) in [4.78, 5) is 6.13. The smallest absolute Gasteiger partial charge is 0.390 e. The van der Waals surface area contributed by atoms with E-state index in [0.717, 1.165) is 13.1 Å². The van der Waals surface area contributed by atoms with E-state index in [4.69, 9.17) is 0 Å². The predicted molar refractivity (Wildman–Crippen MR) is 53.8 cm³/mol. The van der Waals surface area contributed by atoms with Gasteiger partial charge in [0.1, 0.15) is 0 Å². The zero-order valence-electron chi connectivity index (χ0n) is 9.55. The molecule has 0 aliphatic carbocycles. The Bertz CT molecular complexity index is 175. The fourth-order valence-corrected chi connectivity index (χ4v) is 1.13. The van der Waals surface area contributed by atoms with Crippen LogP contribution < -0.4 is 5.48 Å². The zero-order valence-corrected chi connectivity index (χ0v) is 9.55. The zero-order chi connectivity index (χ0) is 12.6. The van der Waals surface area contributed by atoms with Crippen LogP contribution >= 0.6 is 0 Å². The molecular weight excluding hydrogens is 225 g/mol. The molecule has 0 aliphatic heterocycles. The van der Waals surface area contributed by atoms with Gasteiger partial charge in [-0.1, -0.05) is 13.8 Å². The van der Waals surface area contributed by atoms with Crippen molar-refractivity contribution < 1.29 is 23.1 Å². The molecule has 0 amide bonds. The highest BCUT2D eigenvalue weighted by Gasteiger charge is 2.27. The van der Waals surface area contributed by atoms with Gasteiger partial charge < -0.3 is 10.0 Å². The molecule has 0 aromatic rings. The minimum Gasteiger partial charge on any atom is -0.390 e. The number of aliphatic hydroxyl groups excluding tert-OH is 1. The molecule has 0 saturated carbocycles. The van der Waals surface area contributed by atoms with Gasteiger partial charge in [-0.3, -0.25) is 4.84 Å². The van der Waals surface area contributed by atoms with Crippen molar-refractivity contribution in [2.45, 2.75) is 26.1 Å². The molecule has 1 atom stereocenters. The predicted octanol–water partition coefficient (Wildman–Crippen LogP) is 0.773. The lowest BCUT2D eigenvalue weighted by Gasteiger charge is -2.21. The molecule has 4 nitrogen and oxygen atoms in total. The van der Waals surface area contributed by atoms with E-state index < -0.39 is 18.9 Å². The SMILES string of the molecule is CCN(CC)CC(O)CNOCC(F)(F)F. The molecule has 0 aromatic carbocycles. The van der Waals surface area contributed by atoms with Crippen LogP contribution in [0.1, 0.15) is 13.8 Å². The van der Waals surface area contributed by atoms with Crippen LogP contribution in [-0.4, -0.2) is 55.1 Å². The van der Waals surface area contributed by atoms with E-state index in [1.807, 2.05) is 18.7 Å². The summed E-state index contributed by atoms with van der Waals surface area (Å²) in [6, 6.07) is 0. The summed E-state index contributed by atoms with van der Waals surface area (Å²) < 4.78 is 35.0. The topological polar surface area (TPSA) is 44.7 Å². The number of nitrogens with one attached hydrogen (secondary N) is 1. The van der Waals surface area contributed by atoms with Gasteiger partial charge in [0.2, 0.25) is 0 Å². The van der Waals surface area contributed by atoms with Crippen molar-refractivity contribution in [2.75, 3.05) is 32.8 Å². The first kappa shape index (κ1) is 15.6. The van der Waals surface area contributed by atoms with Gasteiger partial charge in [0, 0.05) is 13.1 Å². The molecule has 0 heterocycles. The van der Waals surface area contributed by atoms with Crippen molar-refractivity contribution in [3.05, 3.63) is 0 Å². The highest BCUT2D eigenvalue weighted by molar-refractivity contribution is 4.62. The lowest BCUT2D eigenvalue weighted by molar-refractivity contribution is -0.191. The third kappa shape index (κ3) is 8.90. The molecule has 16 heavy (non-hydrogen) atoms. The number of hydroxylamine groups is 1. The summed E-state index contributed by atoms with van der Waals surface area (Å²) in [5, 5.41) is 9.45. The van der Waals surface area contributed by atoms with E-state index >= 15 is 0 Å². The van der Waals surface area contributed by atoms with Crippen LogP contribution in [0.25, 0.3) is 0 Å². The van der Waals surface area contributed by atoms with Gasteiger partial charge in [-0.2, -0.15) is 18.7 Å². The van der Waals surface area contributed by atoms with E-state index in [0.29, 0.717) is 6.54 Å². The molecule has 0 aromatic heterocycles. The fraction of sp³-hybridized carbons (Fsp3) is 1.00. The lowest BCUT2D eigenvalue weighted by Crippen LogP contribution is -2.39. The second kappa shape index (κ2) is 7.83. The number of likely N-dealkylation sites (N-methyl/N-ethyl adjacent to an activating group) is 1. The summed E-state index contributed by atoms with van der Waals surface area (Å²) >= 11 is 0. The number of halogens is 3. The van der Waals surface area contributed by atoms with Gasteiger partial charge in [0.25, 0.3) is 0 Å². The molecule has 1 unspecified atom stereocenters. The van der Waals surface area contributed by atoms with E-state index in [-0.39, 0.29) is 6.54 Å². The molecular formula is C9H19F3N2O2. The normalized spacial score (nSPS) is 14.4. The number of hydrogen-bond donors (Lipinski definition) is 2. The monoisotopic (exact) mass is 244 g/mol. The van der Waals surface area contributed by atoms with Crippen LogP contribution in [0, 0.1) is 0 Å². The average Bonchev–Trinajstić information content (AvgIpc) is 2.19. The molecule has 0 rings (SSSR count). The molecule has 0 radical (unpaired) electrons. The second-order valence-corrected chi connectivity index (χ2v) is 3.39. The maximum atomic E-state index is 11.7. The molecule has 98 valence electrons. The third-order valence-electron chi connectivity index (χ3n) is 2.02. The summed E-state index contributed by atoms with van der Waals surface area (Å²) in [7, 11) is 0.